The maximum atomic E-state index is 12.1. The minimum absolute atomic E-state index is 0.0768. The van der Waals surface area contributed by atoms with Crippen molar-refractivity contribution in [3.63, 3.8) is 0 Å². The first-order chi connectivity index (χ1) is 9.03. The minimum atomic E-state index is -3.62. The summed E-state index contributed by atoms with van der Waals surface area (Å²) in [5.41, 5.74) is 0.802. The van der Waals surface area contributed by atoms with Crippen LogP contribution in [-0.2, 0) is 10.0 Å². The molecule has 0 aromatic carbocycles. The molecule has 19 heavy (non-hydrogen) atoms. The first-order valence-corrected chi connectivity index (χ1v) is 7.95. The third-order valence-corrected chi connectivity index (χ3v) is 4.79. The Morgan fingerprint density at radius 2 is 2.21 bits per heavy atom. The van der Waals surface area contributed by atoms with Crippen LogP contribution in [0, 0.1) is 0 Å². The molecule has 8 heteroatoms. The van der Waals surface area contributed by atoms with Crippen LogP contribution in [-0.4, -0.2) is 25.4 Å². The largest absolute Gasteiger partial charge is 0.312 e. The molecule has 1 unspecified atom stereocenters. The standard InChI is InChI=1S/C11H14N4O2S2/c1-8(12-2)10-7-18-11(14-10)15-19(16,17)9-4-3-5-13-6-9/h3-8,12H,1-2H3,(H,14,15). The molecular weight excluding hydrogens is 284 g/mol. The van der Waals surface area contributed by atoms with Crippen molar-refractivity contribution in [2.45, 2.75) is 17.9 Å². The molecule has 2 heterocycles. The Balaban J connectivity index is 2.19. The van der Waals surface area contributed by atoms with Crippen LogP contribution in [0.2, 0.25) is 0 Å². The molecule has 0 aliphatic heterocycles. The molecule has 2 N–H and O–H groups in total. The van der Waals surface area contributed by atoms with Gasteiger partial charge < -0.3 is 5.32 Å². The fourth-order valence-electron chi connectivity index (χ4n) is 1.36. The fraction of sp³-hybridized carbons (Fsp3) is 0.273. The highest BCUT2D eigenvalue weighted by molar-refractivity contribution is 7.93. The van der Waals surface area contributed by atoms with Crippen molar-refractivity contribution >= 4 is 26.5 Å². The number of thiazole rings is 1. The third kappa shape index (κ3) is 3.28. The van der Waals surface area contributed by atoms with Gasteiger partial charge in [0.05, 0.1) is 5.69 Å². The van der Waals surface area contributed by atoms with Crippen molar-refractivity contribution in [2.24, 2.45) is 0 Å². The molecule has 0 spiro atoms. The van der Waals surface area contributed by atoms with Gasteiger partial charge in [-0.15, -0.1) is 11.3 Å². The Labute approximate surface area is 116 Å². The number of aromatic nitrogens is 2. The smallest absolute Gasteiger partial charge is 0.265 e. The van der Waals surface area contributed by atoms with Gasteiger partial charge in [0.15, 0.2) is 5.13 Å². The molecule has 102 valence electrons. The maximum Gasteiger partial charge on any atom is 0.265 e. The van der Waals surface area contributed by atoms with Crippen molar-refractivity contribution < 1.29 is 8.42 Å². The van der Waals surface area contributed by atoms with Gasteiger partial charge in [0, 0.05) is 23.8 Å². The maximum absolute atomic E-state index is 12.1. The van der Waals surface area contributed by atoms with Gasteiger partial charge in [-0.2, -0.15) is 0 Å². The molecule has 6 nitrogen and oxygen atoms in total. The topological polar surface area (TPSA) is 84.0 Å². The second-order valence-corrected chi connectivity index (χ2v) is 6.42. The van der Waals surface area contributed by atoms with Gasteiger partial charge in [-0.05, 0) is 26.1 Å². The number of hydrogen-bond donors (Lipinski definition) is 2. The molecule has 0 aliphatic rings. The van der Waals surface area contributed by atoms with Gasteiger partial charge in [0.2, 0.25) is 0 Å². The van der Waals surface area contributed by atoms with Crippen molar-refractivity contribution in [3.05, 3.63) is 35.6 Å². The monoisotopic (exact) mass is 298 g/mol. The van der Waals surface area contributed by atoms with E-state index < -0.39 is 10.0 Å². The van der Waals surface area contributed by atoms with Gasteiger partial charge in [-0.1, -0.05) is 0 Å². The molecule has 0 aliphatic carbocycles. The summed E-state index contributed by atoms with van der Waals surface area (Å²) in [6.45, 7) is 1.95. The fourth-order valence-corrected chi connectivity index (χ4v) is 3.38. The Morgan fingerprint density at radius 3 is 2.84 bits per heavy atom. The summed E-state index contributed by atoms with van der Waals surface area (Å²) in [7, 11) is -1.79. The van der Waals surface area contributed by atoms with Crippen LogP contribution in [0.1, 0.15) is 18.7 Å². The molecule has 2 aromatic heterocycles. The zero-order valence-electron chi connectivity index (χ0n) is 10.5. The number of pyridine rings is 1. The summed E-state index contributed by atoms with van der Waals surface area (Å²) in [6.07, 6.45) is 2.82. The van der Waals surface area contributed by atoms with E-state index in [-0.39, 0.29) is 10.9 Å². The first kappa shape index (κ1) is 13.9. The van der Waals surface area contributed by atoms with E-state index in [1.807, 2.05) is 19.4 Å². The van der Waals surface area contributed by atoms with Gasteiger partial charge in [0.1, 0.15) is 4.90 Å². The zero-order chi connectivity index (χ0) is 13.9. The summed E-state index contributed by atoms with van der Waals surface area (Å²) in [4.78, 5) is 8.15. The lowest BCUT2D eigenvalue weighted by molar-refractivity contribution is 0.600. The van der Waals surface area contributed by atoms with Crippen LogP contribution in [0.3, 0.4) is 0 Å². The number of sulfonamides is 1. The SMILES string of the molecule is CNC(C)c1csc(NS(=O)(=O)c2cccnc2)n1. The van der Waals surface area contributed by atoms with Gasteiger partial charge in [-0.3, -0.25) is 9.71 Å². The van der Waals surface area contributed by atoms with Gasteiger partial charge in [-0.25, -0.2) is 13.4 Å². The second-order valence-electron chi connectivity index (χ2n) is 3.88. The average molecular weight is 298 g/mol. The van der Waals surface area contributed by atoms with E-state index in [1.54, 1.807) is 6.07 Å². The summed E-state index contributed by atoms with van der Waals surface area (Å²) >= 11 is 1.25. The summed E-state index contributed by atoms with van der Waals surface area (Å²) in [5.74, 6) is 0. The van der Waals surface area contributed by atoms with Crippen molar-refractivity contribution in [1.29, 1.82) is 0 Å². The predicted octanol–water partition coefficient (Wildman–Crippen LogP) is 1.62. The molecule has 0 amide bonds. The summed E-state index contributed by atoms with van der Waals surface area (Å²) in [6, 6.07) is 3.14. The molecule has 0 radical (unpaired) electrons. The van der Waals surface area contributed by atoms with Gasteiger partial charge in [0.25, 0.3) is 10.0 Å². The number of nitrogens with zero attached hydrogens (tertiary/aromatic N) is 2. The lowest BCUT2D eigenvalue weighted by Gasteiger charge is -2.06. The number of nitrogens with one attached hydrogen (secondary N) is 2. The van der Waals surface area contributed by atoms with E-state index in [0.29, 0.717) is 5.13 Å². The Bertz CT molecular complexity index is 640. The molecule has 2 aromatic rings. The minimum Gasteiger partial charge on any atom is -0.312 e. The highest BCUT2D eigenvalue weighted by atomic mass is 32.2. The van der Waals surface area contributed by atoms with Crippen molar-refractivity contribution in [2.75, 3.05) is 11.8 Å². The highest BCUT2D eigenvalue weighted by Gasteiger charge is 2.17. The summed E-state index contributed by atoms with van der Waals surface area (Å²) < 4.78 is 26.5. The molecule has 1 atom stereocenters. The Kier molecular flexibility index (Phi) is 4.13. The van der Waals surface area contributed by atoms with Crippen LogP contribution >= 0.6 is 11.3 Å². The van der Waals surface area contributed by atoms with E-state index in [2.05, 4.69) is 20.0 Å². The van der Waals surface area contributed by atoms with Crippen LogP contribution < -0.4 is 10.0 Å². The van der Waals surface area contributed by atoms with Gasteiger partial charge >= 0.3 is 0 Å². The van der Waals surface area contributed by atoms with E-state index in [0.717, 1.165) is 5.69 Å². The third-order valence-electron chi connectivity index (χ3n) is 2.56. The number of anilines is 1. The first-order valence-electron chi connectivity index (χ1n) is 5.58. The number of hydrogen-bond acceptors (Lipinski definition) is 6. The van der Waals surface area contributed by atoms with Crippen LogP contribution in [0.4, 0.5) is 5.13 Å². The Hall–Kier alpha value is -1.51. The molecule has 2 rings (SSSR count). The summed E-state index contributed by atoms with van der Waals surface area (Å²) in [5, 5.41) is 5.22. The lowest BCUT2D eigenvalue weighted by atomic mass is 10.3. The molecule has 0 fully saturated rings. The Morgan fingerprint density at radius 1 is 1.42 bits per heavy atom. The zero-order valence-corrected chi connectivity index (χ0v) is 12.1. The van der Waals surface area contributed by atoms with E-state index >= 15 is 0 Å². The highest BCUT2D eigenvalue weighted by Crippen LogP contribution is 2.22. The number of rotatable bonds is 5. The van der Waals surface area contributed by atoms with E-state index in [4.69, 9.17) is 0 Å². The lowest BCUT2D eigenvalue weighted by Crippen LogP contribution is -2.14. The van der Waals surface area contributed by atoms with E-state index in [1.165, 1.54) is 29.8 Å². The van der Waals surface area contributed by atoms with E-state index in [9.17, 15) is 8.42 Å². The molecule has 0 bridgehead atoms. The van der Waals surface area contributed by atoms with Crippen LogP contribution in [0.15, 0.2) is 34.8 Å². The normalized spacial score (nSPS) is 13.2. The van der Waals surface area contributed by atoms with Crippen molar-refractivity contribution in [3.8, 4) is 0 Å². The van der Waals surface area contributed by atoms with Crippen LogP contribution in [0.5, 0.6) is 0 Å². The molecule has 0 saturated carbocycles. The molecule has 0 saturated heterocycles. The molecular formula is C11H14N4O2S2. The predicted molar refractivity (Wildman–Crippen MR) is 74.6 cm³/mol. The average Bonchev–Trinajstić information content (AvgIpc) is 2.86. The van der Waals surface area contributed by atoms with Crippen molar-refractivity contribution in [1.82, 2.24) is 15.3 Å². The van der Waals surface area contributed by atoms with Crippen LogP contribution in [0.25, 0.3) is 0 Å². The second kappa shape index (κ2) is 5.64. The quantitative estimate of drug-likeness (QED) is 0.876.